The third kappa shape index (κ3) is 3.07. The summed E-state index contributed by atoms with van der Waals surface area (Å²) in [5, 5.41) is 3.72. The van der Waals surface area contributed by atoms with E-state index < -0.39 is 0 Å². The number of hydrogen-bond donors (Lipinski definition) is 0. The number of carbonyl (C=O) groups is 3. The van der Waals surface area contributed by atoms with E-state index in [0.717, 1.165) is 12.2 Å². The zero-order valence-corrected chi connectivity index (χ0v) is 15.2. The molecule has 2 aromatic carbocycles. The van der Waals surface area contributed by atoms with Gasteiger partial charge in [-0.1, -0.05) is 37.3 Å². The molecule has 2 aliphatic rings. The first kappa shape index (κ1) is 17.3. The molecule has 0 saturated carbocycles. The fourth-order valence-electron chi connectivity index (χ4n) is 3.71. The molecule has 0 radical (unpaired) electrons. The van der Waals surface area contributed by atoms with E-state index in [1.165, 1.54) is 4.90 Å². The summed E-state index contributed by atoms with van der Waals surface area (Å²) in [7, 11) is 0. The number of carbonyl (C=O) groups excluding carboxylic acids is 3. The van der Waals surface area contributed by atoms with Crippen LogP contribution in [0.4, 0.5) is 5.69 Å². The Morgan fingerprint density at radius 1 is 0.926 bits per heavy atom. The lowest BCUT2D eigenvalue weighted by Crippen LogP contribution is -2.43. The highest BCUT2D eigenvalue weighted by molar-refractivity contribution is 6.21. The summed E-state index contributed by atoms with van der Waals surface area (Å²) in [6.45, 7) is 3.60. The number of fused-ring (bicyclic) bond motifs is 1. The zero-order chi connectivity index (χ0) is 19.0. The minimum absolute atomic E-state index is 0.0836. The number of imide groups is 1. The highest BCUT2D eigenvalue weighted by Crippen LogP contribution is 2.26. The number of benzene rings is 2. The summed E-state index contributed by atoms with van der Waals surface area (Å²) in [5.41, 5.74) is 1.79. The maximum absolute atomic E-state index is 12.9. The van der Waals surface area contributed by atoms with Gasteiger partial charge >= 0.3 is 0 Å². The van der Waals surface area contributed by atoms with Crippen LogP contribution in [0.25, 0.3) is 0 Å². The van der Waals surface area contributed by atoms with Crippen LogP contribution < -0.4 is 5.01 Å². The lowest BCUT2D eigenvalue weighted by Gasteiger charge is -2.30. The van der Waals surface area contributed by atoms with Crippen molar-refractivity contribution in [3.05, 3.63) is 65.7 Å². The van der Waals surface area contributed by atoms with Crippen LogP contribution in [0.3, 0.4) is 0 Å². The Balaban J connectivity index is 1.45. The molecule has 2 heterocycles. The van der Waals surface area contributed by atoms with Gasteiger partial charge in [0.05, 0.1) is 16.8 Å². The van der Waals surface area contributed by atoms with Gasteiger partial charge in [0.2, 0.25) is 5.91 Å². The van der Waals surface area contributed by atoms with Gasteiger partial charge in [0.25, 0.3) is 11.8 Å². The number of para-hydroxylation sites is 1. The first-order chi connectivity index (χ1) is 13.1. The van der Waals surface area contributed by atoms with Gasteiger partial charge in [-0.25, -0.2) is 0 Å². The van der Waals surface area contributed by atoms with Gasteiger partial charge in [0, 0.05) is 26.1 Å². The third-order valence-electron chi connectivity index (χ3n) is 5.03. The van der Waals surface area contributed by atoms with Crippen molar-refractivity contribution in [2.45, 2.75) is 13.3 Å². The Labute approximate surface area is 157 Å². The Morgan fingerprint density at radius 2 is 1.52 bits per heavy atom. The minimum Gasteiger partial charge on any atom is -0.283 e. The highest BCUT2D eigenvalue weighted by Gasteiger charge is 2.36. The Hall–Kier alpha value is -3.15. The number of nitrogens with zero attached hydrogens (tertiary/aromatic N) is 3. The highest BCUT2D eigenvalue weighted by atomic mass is 16.2. The van der Waals surface area contributed by atoms with Crippen molar-refractivity contribution < 1.29 is 14.4 Å². The van der Waals surface area contributed by atoms with Crippen molar-refractivity contribution in [2.24, 2.45) is 5.92 Å². The van der Waals surface area contributed by atoms with Crippen molar-refractivity contribution in [3.8, 4) is 0 Å². The normalized spacial score (nSPS) is 19.0. The predicted octanol–water partition coefficient (Wildman–Crippen LogP) is 2.57. The van der Waals surface area contributed by atoms with Crippen molar-refractivity contribution in [3.63, 3.8) is 0 Å². The molecular formula is C21H21N3O3. The van der Waals surface area contributed by atoms with Crippen LogP contribution >= 0.6 is 0 Å². The molecule has 6 nitrogen and oxygen atoms in total. The van der Waals surface area contributed by atoms with Crippen molar-refractivity contribution in [2.75, 3.05) is 24.6 Å². The number of amides is 3. The molecule has 0 N–H and O–H groups in total. The number of rotatable bonds is 4. The van der Waals surface area contributed by atoms with E-state index in [-0.39, 0.29) is 30.7 Å². The van der Waals surface area contributed by atoms with E-state index >= 15 is 0 Å². The molecular weight excluding hydrogens is 342 g/mol. The van der Waals surface area contributed by atoms with E-state index in [4.69, 9.17) is 0 Å². The summed E-state index contributed by atoms with van der Waals surface area (Å²) in [6, 6.07) is 16.6. The molecule has 1 unspecified atom stereocenters. The van der Waals surface area contributed by atoms with Crippen LogP contribution in [0, 0.1) is 5.92 Å². The van der Waals surface area contributed by atoms with Gasteiger partial charge in [0.1, 0.15) is 0 Å². The topological polar surface area (TPSA) is 60.9 Å². The van der Waals surface area contributed by atoms with E-state index in [2.05, 4.69) is 6.92 Å². The van der Waals surface area contributed by atoms with Crippen LogP contribution in [0.15, 0.2) is 54.6 Å². The minimum atomic E-state index is -0.321. The van der Waals surface area contributed by atoms with Crippen LogP contribution in [-0.2, 0) is 4.79 Å². The second kappa shape index (κ2) is 6.87. The first-order valence-electron chi connectivity index (χ1n) is 9.14. The van der Waals surface area contributed by atoms with Gasteiger partial charge < -0.3 is 0 Å². The number of anilines is 1. The van der Waals surface area contributed by atoms with Gasteiger partial charge in [-0.15, -0.1) is 0 Å². The maximum atomic E-state index is 12.9. The van der Waals surface area contributed by atoms with Gasteiger partial charge in [-0.2, -0.15) is 0 Å². The van der Waals surface area contributed by atoms with Crippen LogP contribution in [0.2, 0.25) is 0 Å². The maximum Gasteiger partial charge on any atom is 0.261 e. The predicted molar refractivity (Wildman–Crippen MR) is 101 cm³/mol. The molecule has 0 bridgehead atoms. The molecule has 4 rings (SSSR count). The molecule has 138 valence electrons. The van der Waals surface area contributed by atoms with Gasteiger partial charge in [-0.3, -0.25) is 29.3 Å². The summed E-state index contributed by atoms with van der Waals surface area (Å²) in [5.74, 6) is -0.371. The Morgan fingerprint density at radius 3 is 2.15 bits per heavy atom. The van der Waals surface area contributed by atoms with E-state index in [1.54, 1.807) is 29.3 Å². The average Bonchev–Trinajstić information content (AvgIpc) is 3.20. The second-order valence-corrected chi connectivity index (χ2v) is 7.06. The molecule has 27 heavy (non-hydrogen) atoms. The lowest BCUT2D eigenvalue weighted by molar-refractivity contribution is -0.130. The Bertz CT molecular complexity index is 862. The molecule has 0 spiro atoms. The van der Waals surface area contributed by atoms with Crippen LogP contribution in [0.1, 0.15) is 34.1 Å². The summed E-state index contributed by atoms with van der Waals surface area (Å²) in [4.78, 5) is 38.9. The summed E-state index contributed by atoms with van der Waals surface area (Å²) >= 11 is 0. The largest absolute Gasteiger partial charge is 0.283 e. The molecule has 6 heteroatoms. The molecule has 1 fully saturated rings. The molecule has 2 aromatic rings. The number of hydrogen-bond acceptors (Lipinski definition) is 4. The molecule has 3 amide bonds. The SMILES string of the molecule is CC1CN(C(=O)CCN2C(=O)c3ccccc3C2=O)N(c2ccccc2)C1. The van der Waals surface area contributed by atoms with Crippen molar-refractivity contribution in [1.82, 2.24) is 9.91 Å². The van der Waals surface area contributed by atoms with E-state index in [0.29, 0.717) is 23.6 Å². The standard InChI is InChI=1S/C21H21N3O3/c1-15-13-23(16-7-3-2-4-8-16)24(14-15)19(25)11-12-22-20(26)17-9-5-6-10-18(17)21(22)27/h2-10,15H,11-14H2,1H3. The monoisotopic (exact) mass is 363 g/mol. The molecule has 0 aromatic heterocycles. The van der Waals surface area contributed by atoms with Crippen molar-refractivity contribution >= 4 is 23.4 Å². The van der Waals surface area contributed by atoms with Gasteiger partial charge in [-0.05, 0) is 30.2 Å². The second-order valence-electron chi connectivity index (χ2n) is 7.06. The van der Waals surface area contributed by atoms with Gasteiger partial charge in [0.15, 0.2) is 0 Å². The molecule has 1 saturated heterocycles. The summed E-state index contributed by atoms with van der Waals surface area (Å²) in [6.07, 6.45) is 0.113. The number of hydrazine groups is 1. The lowest BCUT2D eigenvalue weighted by atomic mass is 10.1. The van der Waals surface area contributed by atoms with Crippen LogP contribution in [0.5, 0.6) is 0 Å². The third-order valence-corrected chi connectivity index (χ3v) is 5.03. The Kier molecular flexibility index (Phi) is 4.39. The average molecular weight is 363 g/mol. The quantitative estimate of drug-likeness (QED) is 0.784. The fourth-order valence-corrected chi connectivity index (χ4v) is 3.71. The smallest absolute Gasteiger partial charge is 0.261 e. The molecule has 1 atom stereocenters. The molecule has 2 aliphatic heterocycles. The molecule has 0 aliphatic carbocycles. The van der Waals surface area contributed by atoms with Crippen LogP contribution in [-0.4, -0.2) is 47.3 Å². The fraction of sp³-hybridized carbons (Fsp3) is 0.286. The van der Waals surface area contributed by atoms with Crippen molar-refractivity contribution in [1.29, 1.82) is 0 Å². The van der Waals surface area contributed by atoms with E-state index in [9.17, 15) is 14.4 Å². The first-order valence-corrected chi connectivity index (χ1v) is 9.14. The summed E-state index contributed by atoms with van der Waals surface area (Å²) < 4.78 is 0. The van der Waals surface area contributed by atoms with E-state index in [1.807, 2.05) is 35.3 Å². The zero-order valence-electron chi connectivity index (χ0n) is 15.2.